The number of hydrogen-bond acceptors (Lipinski definition) is 2. The van der Waals surface area contributed by atoms with Crippen LogP contribution in [0.2, 0.25) is 0 Å². The van der Waals surface area contributed by atoms with E-state index in [2.05, 4.69) is 5.32 Å². The molecule has 0 aromatic heterocycles. The third kappa shape index (κ3) is 3.07. The summed E-state index contributed by atoms with van der Waals surface area (Å²) in [6, 6.07) is 4.14. The van der Waals surface area contributed by atoms with Gasteiger partial charge < -0.3 is 11.1 Å². The van der Waals surface area contributed by atoms with Crippen LogP contribution in [0.4, 0.5) is 4.39 Å². The van der Waals surface area contributed by atoms with Gasteiger partial charge in [0.2, 0.25) is 0 Å². The van der Waals surface area contributed by atoms with E-state index in [0.717, 1.165) is 0 Å². The maximum absolute atomic E-state index is 13.0. The summed E-state index contributed by atoms with van der Waals surface area (Å²) >= 11 is 0. The van der Waals surface area contributed by atoms with Crippen molar-refractivity contribution >= 4 is 5.91 Å². The highest BCUT2D eigenvalue weighted by atomic mass is 19.1. The standard InChI is InChI=1S/C14H21FN2O/c1-9(2)14(4,8-16)17-13(18)12-6-5-11(15)7-10(12)3/h5-7,9H,8,16H2,1-4H3,(H,17,18). The molecule has 0 heterocycles. The van der Waals surface area contributed by atoms with Gasteiger partial charge in [-0.2, -0.15) is 0 Å². The second-order valence-electron chi connectivity index (χ2n) is 5.19. The van der Waals surface area contributed by atoms with Crippen LogP contribution in [0.1, 0.15) is 36.7 Å². The molecule has 4 heteroatoms. The minimum atomic E-state index is -0.460. The first-order valence-corrected chi connectivity index (χ1v) is 6.09. The summed E-state index contributed by atoms with van der Waals surface area (Å²) in [5, 5.41) is 2.93. The predicted molar refractivity (Wildman–Crippen MR) is 70.9 cm³/mol. The number of benzene rings is 1. The Hall–Kier alpha value is -1.42. The van der Waals surface area contributed by atoms with Gasteiger partial charge in [0.05, 0.1) is 5.54 Å². The lowest BCUT2D eigenvalue weighted by Crippen LogP contribution is -2.55. The van der Waals surface area contributed by atoms with Gasteiger partial charge in [-0.15, -0.1) is 0 Å². The summed E-state index contributed by atoms with van der Waals surface area (Å²) in [7, 11) is 0. The van der Waals surface area contributed by atoms with Crippen LogP contribution in [-0.4, -0.2) is 18.0 Å². The second-order valence-corrected chi connectivity index (χ2v) is 5.19. The Morgan fingerprint density at radius 3 is 2.56 bits per heavy atom. The van der Waals surface area contributed by atoms with Crippen molar-refractivity contribution in [3.8, 4) is 0 Å². The molecule has 0 fully saturated rings. The van der Waals surface area contributed by atoms with Gasteiger partial charge >= 0.3 is 0 Å². The summed E-state index contributed by atoms with van der Waals surface area (Å²) in [5.74, 6) is -0.337. The molecule has 0 aliphatic rings. The van der Waals surface area contributed by atoms with Gasteiger partial charge in [-0.05, 0) is 43.5 Å². The molecule has 1 aromatic carbocycles. The largest absolute Gasteiger partial charge is 0.345 e. The first kappa shape index (κ1) is 14.6. The van der Waals surface area contributed by atoms with Crippen molar-refractivity contribution in [3.63, 3.8) is 0 Å². The SMILES string of the molecule is Cc1cc(F)ccc1C(=O)NC(C)(CN)C(C)C. The molecule has 1 rings (SSSR count). The Balaban J connectivity index is 2.95. The first-order valence-electron chi connectivity index (χ1n) is 6.09. The molecular formula is C14H21FN2O. The molecule has 3 N–H and O–H groups in total. The Morgan fingerprint density at radius 1 is 1.50 bits per heavy atom. The van der Waals surface area contributed by atoms with E-state index in [4.69, 9.17) is 5.73 Å². The maximum Gasteiger partial charge on any atom is 0.252 e. The summed E-state index contributed by atoms with van der Waals surface area (Å²) < 4.78 is 13.0. The van der Waals surface area contributed by atoms with Gasteiger partial charge in [0.15, 0.2) is 0 Å². The molecule has 1 atom stereocenters. The Kier molecular flexibility index (Phi) is 4.46. The molecule has 18 heavy (non-hydrogen) atoms. The van der Waals surface area contributed by atoms with E-state index < -0.39 is 5.54 Å². The monoisotopic (exact) mass is 252 g/mol. The summed E-state index contributed by atoms with van der Waals surface area (Å²) in [4.78, 5) is 12.2. The molecule has 3 nitrogen and oxygen atoms in total. The van der Waals surface area contributed by atoms with Crippen molar-refractivity contribution < 1.29 is 9.18 Å². The molecule has 0 spiro atoms. The van der Waals surface area contributed by atoms with Crippen molar-refractivity contribution in [1.82, 2.24) is 5.32 Å². The molecular weight excluding hydrogens is 231 g/mol. The number of carbonyl (C=O) groups excluding carboxylic acids is 1. The first-order chi connectivity index (χ1) is 8.30. The Labute approximate surface area is 108 Å². The zero-order valence-corrected chi connectivity index (χ0v) is 11.4. The van der Waals surface area contributed by atoms with E-state index in [-0.39, 0.29) is 17.6 Å². The number of aryl methyl sites for hydroxylation is 1. The van der Waals surface area contributed by atoms with E-state index in [0.29, 0.717) is 17.7 Å². The van der Waals surface area contributed by atoms with Gasteiger partial charge in [-0.1, -0.05) is 13.8 Å². The lowest BCUT2D eigenvalue weighted by Gasteiger charge is -2.33. The van der Waals surface area contributed by atoms with Crippen LogP contribution in [0, 0.1) is 18.7 Å². The molecule has 1 amide bonds. The number of nitrogens with two attached hydrogens (primary N) is 1. The van der Waals surface area contributed by atoms with Crippen LogP contribution in [0.25, 0.3) is 0 Å². The molecule has 0 radical (unpaired) electrons. The zero-order chi connectivity index (χ0) is 13.9. The molecule has 0 aliphatic carbocycles. The van der Waals surface area contributed by atoms with Crippen molar-refractivity contribution in [2.75, 3.05) is 6.54 Å². The van der Waals surface area contributed by atoms with E-state index in [1.807, 2.05) is 20.8 Å². The maximum atomic E-state index is 13.0. The van der Waals surface area contributed by atoms with Gasteiger partial charge in [0.25, 0.3) is 5.91 Å². The van der Waals surface area contributed by atoms with Crippen LogP contribution >= 0.6 is 0 Å². The number of nitrogens with one attached hydrogen (secondary N) is 1. The highest BCUT2D eigenvalue weighted by Crippen LogP contribution is 2.17. The van der Waals surface area contributed by atoms with E-state index in [9.17, 15) is 9.18 Å². The molecule has 100 valence electrons. The van der Waals surface area contributed by atoms with E-state index >= 15 is 0 Å². The molecule has 1 unspecified atom stereocenters. The number of hydrogen-bond donors (Lipinski definition) is 2. The average Bonchev–Trinajstić information content (AvgIpc) is 2.28. The van der Waals surface area contributed by atoms with E-state index in [1.54, 1.807) is 6.92 Å². The minimum absolute atomic E-state index is 0.214. The van der Waals surface area contributed by atoms with Gasteiger partial charge in [-0.25, -0.2) is 4.39 Å². The summed E-state index contributed by atoms with van der Waals surface area (Å²) in [6.45, 7) is 7.99. The highest BCUT2D eigenvalue weighted by molar-refractivity contribution is 5.96. The minimum Gasteiger partial charge on any atom is -0.345 e. The fraction of sp³-hybridized carbons (Fsp3) is 0.500. The third-order valence-electron chi connectivity index (χ3n) is 3.53. The van der Waals surface area contributed by atoms with Crippen LogP contribution in [0.5, 0.6) is 0 Å². The predicted octanol–water partition coefficient (Wildman–Crippen LogP) is 2.24. The summed E-state index contributed by atoms with van der Waals surface area (Å²) in [6.07, 6.45) is 0. The number of carbonyl (C=O) groups is 1. The fourth-order valence-electron chi connectivity index (χ4n) is 1.64. The van der Waals surface area contributed by atoms with Crippen molar-refractivity contribution in [1.29, 1.82) is 0 Å². The zero-order valence-electron chi connectivity index (χ0n) is 11.4. The number of rotatable bonds is 4. The quantitative estimate of drug-likeness (QED) is 0.863. The fourth-order valence-corrected chi connectivity index (χ4v) is 1.64. The van der Waals surface area contributed by atoms with Crippen molar-refractivity contribution in [2.45, 2.75) is 33.2 Å². The molecule has 0 saturated heterocycles. The van der Waals surface area contributed by atoms with Crippen LogP contribution in [0.15, 0.2) is 18.2 Å². The number of halogens is 1. The van der Waals surface area contributed by atoms with Crippen LogP contribution in [0.3, 0.4) is 0 Å². The highest BCUT2D eigenvalue weighted by Gasteiger charge is 2.29. The van der Waals surface area contributed by atoms with Crippen molar-refractivity contribution in [3.05, 3.63) is 35.1 Å². The van der Waals surface area contributed by atoms with Crippen molar-refractivity contribution in [2.24, 2.45) is 11.7 Å². The normalized spacial score (nSPS) is 14.4. The van der Waals surface area contributed by atoms with Gasteiger partial charge in [0.1, 0.15) is 5.82 Å². The molecule has 0 saturated carbocycles. The average molecular weight is 252 g/mol. The molecule has 0 aliphatic heterocycles. The molecule has 1 aromatic rings. The Bertz CT molecular complexity index is 445. The van der Waals surface area contributed by atoms with E-state index in [1.165, 1.54) is 18.2 Å². The lowest BCUT2D eigenvalue weighted by molar-refractivity contribution is 0.0882. The smallest absolute Gasteiger partial charge is 0.252 e. The molecule has 0 bridgehead atoms. The summed E-state index contributed by atoms with van der Waals surface area (Å²) in [5.41, 5.74) is 6.37. The Morgan fingerprint density at radius 2 is 2.11 bits per heavy atom. The number of amides is 1. The third-order valence-corrected chi connectivity index (χ3v) is 3.53. The topological polar surface area (TPSA) is 55.1 Å². The van der Waals surface area contributed by atoms with Gasteiger partial charge in [0, 0.05) is 12.1 Å². The second kappa shape index (κ2) is 5.48. The van der Waals surface area contributed by atoms with Gasteiger partial charge in [-0.3, -0.25) is 4.79 Å². The van der Waals surface area contributed by atoms with Crippen LogP contribution < -0.4 is 11.1 Å². The lowest BCUT2D eigenvalue weighted by atomic mass is 9.88. The van der Waals surface area contributed by atoms with Crippen LogP contribution in [-0.2, 0) is 0 Å².